The maximum atomic E-state index is 11.8. The average molecular weight is 286 g/mol. The number of rotatable bonds is 7. The summed E-state index contributed by atoms with van der Waals surface area (Å²) in [4.78, 5) is 32.0. The summed E-state index contributed by atoms with van der Waals surface area (Å²) in [5, 5.41) is 20.7. The van der Waals surface area contributed by atoms with Crippen LogP contribution in [0.4, 0.5) is 18.0 Å². The van der Waals surface area contributed by atoms with E-state index in [2.05, 4.69) is 0 Å². The summed E-state index contributed by atoms with van der Waals surface area (Å²) in [7, 11) is 0. The fourth-order valence-corrected chi connectivity index (χ4v) is 1.05. The number of urea groups is 1. The van der Waals surface area contributed by atoms with E-state index in [4.69, 9.17) is 10.2 Å². The van der Waals surface area contributed by atoms with E-state index in [9.17, 15) is 27.6 Å². The van der Waals surface area contributed by atoms with Crippen LogP contribution in [0.2, 0.25) is 0 Å². The molecule has 0 heterocycles. The van der Waals surface area contributed by atoms with Crippen molar-refractivity contribution >= 4 is 18.0 Å². The highest BCUT2D eigenvalue weighted by molar-refractivity contribution is 5.82. The molecule has 0 aromatic rings. The van der Waals surface area contributed by atoms with Crippen molar-refractivity contribution in [3.63, 3.8) is 0 Å². The number of hydrogen-bond donors (Lipinski definition) is 4. The zero-order chi connectivity index (χ0) is 15.1. The molecule has 4 N–H and O–H groups in total. The summed E-state index contributed by atoms with van der Waals surface area (Å²) >= 11 is 0. The van der Waals surface area contributed by atoms with Crippen LogP contribution in [0.3, 0.4) is 0 Å². The molecule has 0 aromatic heterocycles. The standard InChI is InChI=1S/C9H13F3N2O5/c10-9(11,12)3-4-13-8(19)14-5(7(17)18)1-2-6(15)16/h5H,1-4H2,(H,15,16)(H,17,18)(H2,13,14,19). The van der Waals surface area contributed by atoms with Gasteiger partial charge in [-0.3, -0.25) is 4.79 Å². The van der Waals surface area contributed by atoms with Crippen LogP contribution < -0.4 is 10.6 Å². The lowest BCUT2D eigenvalue weighted by molar-refractivity contribution is -0.140. The van der Waals surface area contributed by atoms with Crippen molar-refractivity contribution in [2.24, 2.45) is 0 Å². The van der Waals surface area contributed by atoms with Crippen LogP contribution in [0.5, 0.6) is 0 Å². The molecule has 0 saturated carbocycles. The van der Waals surface area contributed by atoms with E-state index in [1.54, 1.807) is 0 Å². The molecule has 2 amide bonds. The van der Waals surface area contributed by atoms with Crippen LogP contribution in [-0.4, -0.2) is 46.9 Å². The second-order valence-corrected chi connectivity index (χ2v) is 3.59. The van der Waals surface area contributed by atoms with Gasteiger partial charge in [0.2, 0.25) is 0 Å². The van der Waals surface area contributed by atoms with E-state index >= 15 is 0 Å². The smallest absolute Gasteiger partial charge is 0.390 e. The molecule has 0 aliphatic heterocycles. The first-order valence-electron chi connectivity index (χ1n) is 5.17. The number of alkyl halides is 3. The number of carbonyl (C=O) groups is 3. The second-order valence-electron chi connectivity index (χ2n) is 3.59. The SMILES string of the molecule is O=C(O)CCC(NC(=O)NCCC(F)(F)F)C(=O)O. The van der Waals surface area contributed by atoms with Gasteiger partial charge < -0.3 is 20.8 Å². The molecule has 0 aromatic carbocycles. The Morgan fingerprint density at radius 2 is 1.74 bits per heavy atom. The molecule has 0 radical (unpaired) electrons. The van der Waals surface area contributed by atoms with E-state index in [1.165, 1.54) is 0 Å². The van der Waals surface area contributed by atoms with Gasteiger partial charge in [-0.05, 0) is 6.42 Å². The average Bonchev–Trinajstić information content (AvgIpc) is 2.21. The van der Waals surface area contributed by atoms with Crippen molar-refractivity contribution in [2.75, 3.05) is 6.54 Å². The van der Waals surface area contributed by atoms with Gasteiger partial charge in [0.1, 0.15) is 6.04 Å². The van der Waals surface area contributed by atoms with Gasteiger partial charge in [0, 0.05) is 13.0 Å². The Hall–Kier alpha value is -2.00. The molecule has 1 unspecified atom stereocenters. The minimum atomic E-state index is -4.43. The fourth-order valence-electron chi connectivity index (χ4n) is 1.05. The first kappa shape index (κ1) is 17.0. The van der Waals surface area contributed by atoms with Crippen molar-refractivity contribution in [3.8, 4) is 0 Å². The van der Waals surface area contributed by atoms with Crippen LogP contribution in [0.1, 0.15) is 19.3 Å². The van der Waals surface area contributed by atoms with Crippen molar-refractivity contribution in [1.82, 2.24) is 10.6 Å². The molecular formula is C9H13F3N2O5. The van der Waals surface area contributed by atoms with Gasteiger partial charge in [-0.25, -0.2) is 9.59 Å². The lowest BCUT2D eigenvalue weighted by Gasteiger charge is -2.14. The maximum Gasteiger partial charge on any atom is 0.390 e. The number of aliphatic carboxylic acids is 2. The van der Waals surface area contributed by atoms with Crippen LogP contribution in [-0.2, 0) is 9.59 Å². The minimum absolute atomic E-state index is 0.364. The Balaban J connectivity index is 4.10. The monoisotopic (exact) mass is 286 g/mol. The molecule has 0 rings (SSSR count). The Morgan fingerprint density at radius 3 is 2.16 bits per heavy atom. The van der Waals surface area contributed by atoms with E-state index < -0.39 is 49.6 Å². The van der Waals surface area contributed by atoms with Crippen LogP contribution in [0.25, 0.3) is 0 Å². The Kier molecular flexibility index (Phi) is 6.66. The molecule has 7 nitrogen and oxygen atoms in total. The van der Waals surface area contributed by atoms with Crippen molar-refractivity contribution in [2.45, 2.75) is 31.5 Å². The van der Waals surface area contributed by atoms with Gasteiger partial charge in [-0.2, -0.15) is 13.2 Å². The molecule has 0 saturated heterocycles. The van der Waals surface area contributed by atoms with Gasteiger partial charge in [0.05, 0.1) is 6.42 Å². The van der Waals surface area contributed by atoms with Crippen molar-refractivity contribution in [3.05, 3.63) is 0 Å². The number of halogens is 3. The predicted molar refractivity (Wildman–Crippen MR) is 55.5 cm³/mol. The number of carbonyl (C=O) groups excluding carboxylic acids is 1. The van der Waals surface area contributed by atoms with Crippen molar-refractivity contribution in [1.29, 1.82) is 0 Å². The summed E-state index contributed by atoms with van der Waals surface area (Å²) in [6.07, 6.45) is -6.52. The van der Waals surface area contributed by atoms with E-state index in [0.29, 0.717) is 0 Å². The Labute approximate surface area is 105 Å². The topological polar surface area (TPSA) is 116 Å². The highest BCUT2D eigenvalue weighted by atomic mass is 19.4. The first-order chi connectivity index (χ1) is 8.61. The number of nitrogens with one attached hydrogen (secondary N) is 2. The summed E-state index contributed by atoms with van der Waals surface area (Å²) in [5.74, 6) is -2.71. The van der Waals surface area contributed by atoms with E-state index in [0.717, 1.165) is 0 Å². The lowest BCUT2D eigenvalue weighted by atomic mass is 10.1. The van der Waals surface area contributed by atoms with Crippen molar-refractivity contribution < 1.29 is 37.8 Å². The molecule has 0 aliphatic rings. The molecule has 1 atom stereocenters. The highest BCUT2D eigenvalue weighted by Gasteiger charge is 2.27. The van der Waals surface area contributed by atoms with Crippen LogP contribution in [0, 0.1) is 0 Å². The summed E-state index contributed by atoms with van der Waals surface area (Å²) < 4.78 is 35.3. The molecule has 0 fully saturated rings. The summed E-state index contributed by atoms with van der Waals surface area (Å²) in [6, 6.07) is -2.57. The number of hydrogen-bond acceptors (Lipinski definition) is 3. The normalized spacial score (nSPS) is 12.6. The molecule has 19 heavy (non-hydrogen) atoms. The number of carboxylic acids is 2. The first-order valence-corrected chi connectivity index (χ1v) is 5.17. The van der Waals surface area contributed by atoms with Crippen LogP contribution >= 0.6 is 0 Å². The lowest BCUT2D eigenvalue weighted by Crippen LogP contribution is -2.46. The van der Waals surface area contributed by atoms with Gasteiger partial charge in [-0.15, -0.1) is 0 Å². The van der Waals surface area contributed by atoms with Gasteiger partial charge >= 0.3 is 24.1 Å². The Morgan fingerprint density at radius 1 is 1.16 bits per heavy atom. The third-order valence-corrected chi connectivity index (χ3v) is 1.94. The fraction of sp³-hybridized carbons (Fsp3) is 0.667. The predicted octanol–water partition coefficient (Wildman–Crippen LogP) is 0.556. The molecule has 0 aliphatic carbocycles. The second kappa shape index (κ2) is 7.44. The van der Waals surface area contributed by atoms with Gasteiger partial charge in [-0.1, -0.05) is 0 Å². The third kappa shape index (κ3) is 9.68. The maximum absolute atomic E-state index is 11.8. The van der Waals surface area contributed by atoms with Gasteiger partial charge in [0.25, 0.3) is 0 Å². The molecule has 0 spiro atoms. The van der Waals surface area contributed by atoms with Gasteiger partial charge in [0.15, 0.2) is 0 Å². The highest BCUT2D eigenvalue weighted by Crippen LogP contribution is 2.17. The zero-order valence-corrected chi connectivity index (χ0v) is 9.66. The third-order valence-electron chi connectivity index (χ3n) is 1.94. The largest absolute Gasteiger partial charge is 0.481 e. The van der Waals surface area contributed by atoms with E-state index in [-0.39, 0.29) is 6.42 Å². The molecule has 0 bridgehead atoms. The molecule has 110 valence electrons. The van der Waals surface area contributed by atoms with E-state index in [1.807, 2.05) is 10.6 Å². The summed E-state index contributed by atoms with van der Waals surface area (Å²) in [6.45, 7) is -0.694. The zero-order valence-electron chi connectivity index (χ0n) is 9.66. The molecule has 10 heteroatoms. The quantitative estimate of drug-likeness (QED) is 0.545. The molecular weight excluding hydrogens is 273 g/mol. The number of amides is 2. The minimum Gasteiger partial charge on any atom is -0.481 e. The Bertz CT molecular complexity index is 345. The number of carboxylic acid groups (broad SMARTS) is 2. The summed E-state index contributed by atoms with van der Waals surface area (Å²) in [5.41, 5.74) is 0. The van der Waals surface area contributed by atoms with Crippen LogP contribution in [0.15, 0.2) is 0 Å².